The first-order valence-corrected chi connectivity index (χ1v) is 8.95. The van der Waals surface area contributed by atoms with Crippen molar-refractivity contribution in [3.63, 3.8) is 0 Å². The predicted molar refractivity (Wildman–Crippen MR) is 107 cm³/mol. The molecule has 132 valence electrons. The highest BCUT2D eigenvalue weighted by atomic mass is 16.1. The number of allylic oxidation sites excluding steroid dienone is 12. The van der Waals surface area contributed by atoms with E-state index in [4.69, 9.17) is 5.73 Å². The standard InChI is InChI=1S/C22H33NO/c1-2-3-4-5-6-7-8-9-10-11-12-13-14-15-16-17-18-19-20-21-22(23)24/h3-4,6-7,9-10,12-13,15-16,18-19H,2,5,8,11,14,17,20-21H2,1H3,(H2,23,24)/b4-3+,7-6+,10-9+,13-12+,16-15+,19-18+. The minimum absolute atomic E-state index is 0.241. The van der Waals surface area contributed by atoms with E-state index in [0.29, 0.717) is 6.42 Å². The Morgan fingerprint density at radius 1 is 0.625 bits per heavy atom. The molecule has 0 aliphatic rings. The van der Waals surface area contributed by atoms with Gasteiger partial charge in [-0.05, 0) is 44.9 Å². The summed E-state index contributed by atoms with van der Waals surface area (Å²) < 4.78 is 0. The molecule has 0 aromatic carbocycles. The molecule has 0 radical (unpaired) electrons. The van der Waals surface area contributed by atoms with Crippen molar-refractivity contribution in [3.05, 3.63) is 72.9 Å². The van der Waals surface area contributed by atoms with Crippen LogP contribution in [0.2, 0.25) is 0 Å². The summed E-state index contributed by atoms with van der Waals surface area (Å²) in [5.74, 6) is -0.241. The Hall–Kier alpha value is -2.09. The second kappa shape index (κ2) is 19.0. The van der Waals surface area contributed by atoms with Gasteiger partial charge in [-0.15, -0.1) is 0 Å². The molecule has 0 rings (SSSR count). The highest BCUT2D eigenvalue weighted by Gasteiger charge is 1.87. The minimum Gasteiger partial charge on any atom is -0.370 e. The maximum absolute atomic E-state index is 10.5. The number of hydrogen-bond acceptors (Lipinski definition) is 1. The van der Waals surface area contributed by atoms with Crippen LogP contribution in [0, 0.1) is 0 Å². The normalized spacial score (nSPS) is 13.0. The summed E-state index contributed by atoms with van der Waals surface area (Å²) in [6.07, 6.45) is 33.2. The van der Waals surface area contributed by atoms with E-state index in [2.05, 4.69) is 73.8 Å². The van der Waals surface area contributed by atoms with E-state index in [1.165, 1.54) is 0 Å². The minimum atomic E-state index is -0.241. The van der Waals surface area contributed by atoms with E-state index >= 15 is 0 Å². The number of hydrogen-bond donors (Lipinski definition) is 1. The topological polar surface area (TPSA) is 43.1 Å². The van der Waals surface area contributed by atoms with Gasteiger partial charge in [0.2, 0.25) is 5.91 Å². The first kappa shape index (κ1) is 21.9. The van der Waals surface area contributed by atoms with Gasteiger partial charge in [0.1, 0.15) is 0 Å². The summed E-state index contributed by atoms with van der Waals surface area (Å²) in [7, 11) is 0. The third-order valence-electron chi connectivity index (χ3n) is 3.15. The van der Waals surface area contributed by atoms with Crippen LogP contribution in [0.1, 0.15) is 58.3 Å². The first-order valence-electron chi connectivity index (χ1n) is 8.95. The van der Waals surface area contributed by atoms with Crippen molar-refractivity contribution in [2.75, 3.05) is 0 Å². The first-order chi connectivity index (χ1) is 11.8. The van der Waals surface area contributed by atoms with Crippen LogP contribution >= 0.6 is 0 Å². The second-order valence-corrected chi connectivity index (χ2v) is 5.42. The molecule has 2 heteroatoms. The molecule has 24 heavy (non-hydrogen) atoms. The number of nitrogens with two attached hydrogens (primary N) is 1. The van der Waals surface area contributed by atoms with Crippen LogP contribution in [-0.4, -0.2) is 5.91 Å². The molecule has 0 fully saturated rings. The van der Waals surface area contributed by atoms with E-state index < -0.39 is 0 Å². The molecule has 0 aromatic rings. The van der Waals surface area contributed by atoms with Crippen LogP contribution in [0.5, 0.6) is 0 Å². The van der Waals surface area contributed by atoms with Crippen LogP contribution < -0.4 is 5.73 Å². The van der Waals surface area contributed by atoms with Crippen LogP contribution in [0.25, 0.3) is 0 Å². The van der Waals surface area contributed by atoms with E-state index in [1.54, 1.807) is 0 Å². The number of carbonyl (C=O) groups is 1. The molecule has 0 aromatic heterocycles. The molecule has 0 atom stereocenters. The lowest BCUT2D eigenvalue weighted by Gasteiger charge is -1.88. The molecule has 1 amide bonds. The van der Waals surface area contributed by atoms with Gasteiger partial charge < -0.3 is 5.73 Å². The average Bonchev–Trinajstić information content (AvgIpc) is 2.56. The van der Waals surface area contributed by atoms with Crippen molar-refractivity contribution < 1.29 is 4.79 Å². The highest BCUT2D eigenvalue weighted by Crippen LogP contribution is 1.97. The van der Waals surface area contributed by atoms with Gasteiger partial charge in [-0.2, -0.15) is 0 Å². The Morgan fingerprint density at radius 2 is 0.958 bits per heavy atom. The van der Waals surface area contributed by atoms with Crippen molar-refractivity contribution in [1.29, 1.82) is 0 Å². The fourth-order valence-electron chi connectivity index (χ4n) is 1.87. The van der Waals surface area contributed by atoms with E-state index in [9.17, 15) is 4.79 Å². The SMILES string of the molecule is CC/C=C/C/C=C/C/C=C/C/C=C/C/C=C/C/C=C/CCC(N)=O. The Bertz CT molecular complexity index is 464. The van der Waals surface area contributed by atoms with Gasteiger partial charge in [-0.1, -0.05) is 79.8 Å². The number of amides is 1. The molecule has 2 nitrogen and oxygen atoms in total. The van der Waals surface area contributed by atoms with Gasteiger partial charge in [0, 0.05) is 6.42 Å². The Balaban J connectivity index is 3.51. The summed E-state index contributed by atoms with van der Waals surface area (Å²) in [6.45, 7) is 2.15. The van der Waals surface area contributed by atoms with Crippen molar-refractivity contribution in [3.8, 4) is 0 Å². The fourth-order valence-corrected chi connectivity index (χ4v) is 1.87. The number of primary amides is 1. The summed E-state index contributed by atoms with van der Waals surface area (Å²) in [5, 5.41) is 0. The van der Waals surface area contributed by atoms with E-state index in [-0.39, 0.29) is 5.91 Å². The van der Waals surface area contributed by atoms with E-state index in [1.807, 2.05) is 6.08 Å². The molecule has 0 aliphatic carbocycles. The summed E-state index contributed by atoms with van der Waals surface area (Å²) >= 11 is 0. The average molecular weight is 328 g/mol. The predicted octanol–water partition coefficient (Wildman–Crippen LogP) is 5.95. The molecule has 2 N–H and O–H groups in total. The van der Waals surface area contributed by atoms with Crippen LogP contribution in [-0.2, 0) is 4.79 Å². The Labute approximate surface area is 148 Å². The molecular weight excluding hydrogens is 294 g/mol. The van der Waals surface area contributed by atoms with Crippen LogP contribution in [0.4, 0.5) is 0 Å². The number of rotatable bonds is 14. The Morgan fingerprint density at radius 3 is 1.29 bits per heavy atom. The third kappa shape index (κ3) is 19.9. The smallest absolute Gasteiger partial charge is 0.217 e. The Kier molecular flexibility index (Phi) is 17.3. The van der Waals surface area contributed by atoms with E-state index in [0.717, 1.165) is 44.9 Å². The molecule has 0 unspecified atom stereocenters. The van der Waals surface area contributed by atoms with Gasteiger partial charge in [-0.3, -0.25) is 4.79 Å². The zero-order valence-electron chi connectivity index (χ0n) is 15.1. The quantitative estimate of drug-likeness (QED) is 0.394. The summed E-state index contributed by atoms with van der Waals surface area (Å²) in [6, 6.07) is 0. The maximum Gasteiger partial charge on any atom is 0.217 e. The maximum atomic E-state index is 10.5. The van der Waals surface area contributed by atoms with Crippen LogP contribution in [0.15, 0.2) is 72.9 Å². The van der Waals surface area contributed by atoms with Gasteiger partial charge in [0.15, 0.2) is 0 Å². The van der Waals surface area contributed by atoms with Crippen molar-refractivity contribution in [2.45, 2.75) is 58.3 Å². The van der Waals surface area contributed by atoms with Gasteiger partial charge >= 0.3 is 0 Å². The molecule has 0 saturated carbocycles. The van der Waals surface area contributed by atoms with Gasteiger partial charge in [-0.25, -0.2) is 0 Å². The van der Waals surface area contributed by atoms with Gasteiger partial charge in [0.05, 0.1) is 0 Å². The van der Waals surface area contributed by atoms with Crippen molar-refractivity contribution in [2.24, 2.45) is 5.73 Å². The second-order valence-electron chi connectivity index (χ2n) is 5.42. The monoisotopic (exact) mass is 327 g/mol. The lowest BCUT2D eigenvalue weighted by atomic mass is 10.2. The molecule has 0 bridgehead atoms. The lowest BCUT2D eigenvalue weighted by molar-refractivity contribution is -0.117. The molecule has 0 aliphatic heterocycles. The number of carbonyl (C=O) groups excluding carboxylic acids is 1. The summed E-state index contributed by atoms with van der Waals surface area (Å²) in [4.78, 5) is 10.5. The summed E-state index contributed by atoms with van der Waals surface area (Å²) in [5.41, 5.74) is 5.06. The molecule has 0 spiro atoms. The zero-order valence-corrected chi connectivity index (χ0v) is 15.1. The van der Waals surface area contributed by atoms with Crippen molar-refractivity contribution in [1.82, 2.24) is 0 Å². The largest absolute Gasteiger partial charge is 0.370 e. The fraction of sp³-hybridized carbons (Fsp3) is 0.409. The van der Waals surface area contributed by atoms with Gasteiger partial charge in [0.25, 0.3) is 0 Å². The van der Waals surface area contributed by atoms with Crippen LogP contribution in [0.3, 0.4) is 0 Å². The molecule has 0 saturated heterocycles. The third-order valence-corrected chi connectivity index (χ3v) is 3.15. The van der Waals surface area contributed by atoms with Crippen molar-refractivity contribution >= 4 is 5.91 Å². The molecule has 0 heterocycles. The highest BCUT2D eigenvalue weighted by molar-refractivity contribution is 5.73. The zero-order chi connectivity index (χ0) is 17.7. The molecular formula is C22H33NO. The lowest BCUT2D eigenvalue weighted by Crippen LogP contribution is -2.08.